The highest BCUT2D eigenvalue weighted by Crippen LogP contribution is 2.20. The van der Waals surface area contributed by atoms with E-state index in [1.165, 1.54) is 0 Å². The standard InChI is InChI=1S/C15H26N4OS2.HI/c1-2-16-14(19-12-4-6-13(20)7-5-12)17-8-3-10-21-15-18-9-11-22-15;/h9,11-13,20H,2-8,10H2,1H3,(H2,16,17,19);1H. The van der Waals surface area contributed by atoms with Crippen molar-refractivity contribution in [2.45, 2.75) is 55.5 Å². The average molecular weight is 470 g/mol. The van der Waals surface area contributed by atoms with Gasteiger partial charge in [-0.3, -0.25) is 4.99 Å². The second-order valence-corrected chi connectivity index (χ2v) is 7.65. The Morgan fingerprint density at radius 2 is 2.22 bits per heavy atom. The van der Waals surface area contributed by atoms with Gasteiger partial charge in [0.2, 0.25) is 0 Å². The summed E-state index contributed by atoms with van der Waals surface area (Å²) >= 11 is 3.49. The Kier molecular flexibility index (Phi) is 11.2. The molecule has 1 aromatic heterocycles. The van der Waals surface area contributed by atoms with Gasteiger partial charge in [0.1, 0.15) is 4.34 Å². The number of hydrogen-bond acceptors (Lipinski definition) is 5. The maximum absolute atomic E-state index is 9.56. The fourth-order valence-corrected chi connectivity index (χ4v) is 4.06. The highest BCUT2D eigenvalue weighted by molar-refractivity contribution is 14.0. The van der Waals surface area contributed by atoms with Crippen LogP contribution in [0.25, 0.3) is 0 Å². The van der Waals surface area contributed by atoms with Gasteiger partial charge in [0.05, 0.1) is 6.10 Å². The summed E-state index contributed by atoms with van der Waals surface area (Å²) in [6.07, 6.45) is 6.60. The van der Waals surface area contributed by atoms with E-state index in [0.29, 0.717) is 6.04 Å². The summed E-state index contributed by atoms with van der Waals surface area (Å²) in [7, 11) is 0. The molecule has 5 nitrogen and oxygen atoms in total. The number of halogens is 1. The second-order valence-electron chi connectivity index (χ2n) is 5.41. The monoisotopic (exact) mass is 470 g/mol. The lowest BCUT2D eigenvalue weighted by atomic mass is 9.93. The predicted molar refractivity (Wildman–Crippen MR) is 110 cm³/mol. The van der Waals surface area contributed by atoms with Crippen LogP contribution in [0.1, 0.15) is 39.0 Å². The first kappa shape index (κ1) is 21.0. The highest BCUT2D eigenvalue weighted by Gasteiger charge is 2.19. The van der Waals surface area contributed by atoms with Crippen LogP contribution in [-0.4, -0.2) is 47.0 Å². The number of aromatic nitrogens is 1. The zero-order valence-corrected chi connectivity index (χ0v) is 17.5. The van der Waals surface area contributed by atoms with Gasteiger partial charge in [-0.05, 0) is 39.0 Å². The number of nitrogens with zero attached hydrogens (tertiary/aromatic N) is 2. The minimum Gasteiger partial charge on any atom is -0.393 e. The van der Waals surface area contributed by atoms with Gasteiger partial charge in [-0.1, -0.05) is 11.8 Å². The third kappa shape index (κ3) is 8.55. The second kappa shape index (κ2) is 12.3. The van der Waals surface area contributed by atoms with Crippen LogP contribution in [0.2, 0.25) is 0 Å². The van der Waals surface area contributed by atoms with Crippen molar-refractivity contribution in [1.82, 2.24) is 15.6 Å². The molecule has 1 heterocycles. The number of guanidine groups is 1. The van der Waals surface area contributed by atoms with Crippen LogP contribution in [0.3, 0.4) is 0 Å². The van der Waals surface area contributed by atoms with Gasteiger partial charge in [-0.15, -0.1) is 35.3 Å². The molecule has 3 N–H and O–H groups in total. The van der Waals surface area contributed by atoms with Crippen molar-refractivity contribution < 1.29 is 5.11 Å². The maximum atomic E-state index is 9.56. The molecule has 0 amide bonds. The van der Waals surface area contributed by atoms with E-state index < -0.39 is 0 Å². The van der Waals surface area contributed by atoms with Crippen LogP contribution in [0.4, 0.5) is 0 Å². The molecule has 1 aromatic rings. The smallest absolute Gasteiger partial charge is 0.191 e. The zero-order chi connectivity index (χ0) is 15.6. The van der Waals surface area contributed by atoms with Crippen LogP contribution in [0.5, 0.6) is 0 Å². The summed E-state index contributed by atoms with van der Waals surface area (Å²) in [5.74, 6) is 1.95. The van der Waals surface area contributed by atoms with Crippen LogP contribution in [-0.2, 0) is 0 Å². The molecule has 1 aliphatic carbocycles. The lowest BCUT2D eigenvalue weighted by molar-refractivity contribution is 0.120. The Hall–Kier alpha value is -0.0600. The van der Waals surface area contributed by atoms with Gasteiger partial charge in [-0.25, -0.2) is 4.98 Å². The normalized spacial score (nSPS) is 21.6. The van der Waals surface area contributed by atoms with Gasteiger partial charge < -0.3 is 15.7 Å². The van der Waals surface area contributed by atoms with E-state index in [-0.39, 0.29) is 30.1 Å². The molecule has 8 heteroatoms. The van der Waals surface area contributed by atoms with Crippen molar-refractivity contribution in [2.24, 2.45) is 4.99 Å². The minimum absolute atomic E-state index is 0. The lowest BCUT2D eigenvalue weighted by Crippen LogP contribution is -2.45. The number of aliphatic hydroxyl groups is 1. The number of aliphatic imine (C=N–C) groups is 1. The van der Waals surface area contributed by atoms with E-state index in [4.69, 9.17) is 0 Å². The molecule has 0 spiro atoms. The number of rotatable bonds is 7. The molecule has 0 atom stereocenters. The first-order chi connectivity index (χ1) is 10.8. The number of hydrogen-bond donors (Lipinski definition) is 3. The SMILES string of the molecule is CCNC(=NCCCSc1nccs1)NC1CCC(O)CC1.I. The topological polar surface area (TPSA) is 69.5 Å². The van der Waals surface area contributed by atoms with E-state index in [2.05, 4.69) is 27.5 Å². The van der Waals surface area contributed by atoms with Gasteiger partial charge >= 0.3 is 0 Å². The first-order valence-corrected chi connectivity index (χ1v) is 9.89. The molecule has 0 aliphatic heterocycles. The Bertz CT molecular complexity index is 437. The van der Waals surface area contributed by atoms with Crippen LogP contribution >= 0.6 is 47.1 Å². The predicted octanol–water partition coefficient (Wildman–Crippen LogP) is 3.10. The Balaban J connectivity index is 0.00000264. The van der Waals surface area contributed by atoms with Gasteiger partial charge in [0.25, 0.3) is 0 Å². The fraction of sp³-hybridized carbons (Fsp3) is 0.733. The summed E-state index contributed by atoms with van der Waals surface area (Å²) in [6.45, 7) is 3.78. The quantitative estimate of drug-likeness (QED) is 0.188. The Morgan fingerprint density at radius 3 is 2.87 bits per heavy atom. The van der Waals surface area contributed by atoms with Gasteiger partial charge in [-0.2, -0.15) is 0 Å². The third-order valence-corrected chi connectivity index (χ3v) is 5.64. The van der Waals surface area contributed by atoms with Crippen LogP contribution < -0.4 is 10.6 Å². The Labute approximate surface area is 164 Å². The minimum atomic E-state index is -0.111. The lowest BCUT2D eigenvalue weighted by Gasteiger charge is -2.27. The van der Waals surface area contributed by atoms with E-state index in [1.807, 2.05) is 11.6 Å². The van der Waals surface area contributed by atoms with E-state index in [9.17, 15) is 5.11 Å². The van der Waals surface area contributed by atoms with Crippen molar-refractivity contribution >= 4 is 53.0 Å². The van der Waals surface area contributed by atoms with Gasteiger partial charge in [0, 0.05) is 36.5 Å². The molecule has 0 aromatic carbocycles. The maximum Gasteiger partial charge on any atom is 0.191 e. The third-order valence-electron chi connectivity index (χ3n) is 3.59. The molecule has 1 saturated carbocycles. The summed E-state index contributed by atoms with van der Waals surface area (Å²) in [6, 6.07) is 0.436. The molecule has 0 radical (unpaired) electrons. The summed E-state index contributed by atoms with van der Waals surface area (Å²) < 4.78 is 1.13. The summed E-state index contributed by atoms with van der Waals surface area (Å²) in [4.78, 5) is 8.91. The van der Waals surface area contributed by atoms with E-state index in [1.54, 1.807) is 23.1 Å². The van der Waals surface area contributed by atoms with Crippen molar-refractivity contribution in [3.05, 3.63) is 11.6 Å². The van der Waals surface area contributed by atoms with Crippen LogP contribution in [0.15, 0.2) is 20.9 Å². The highest BCUT2D eigenvalue weighted by atomic mass is 127. The Morgan fingerprint density at radius 1 is 1.43 bits per heavy atom. The molecule has 23 heavy (non-hydrogen) atoms. The summed E-state index contributed by atoms with van der Waals surface area (Å²) in [5, 5.41) is 18.4. The fourth-order valence-electron chi connectivity index (χ4n) is 2.43. The zero-order valence-electron chi connectivity index (χ0n) is 13.5. The molecular formula is C15H27IN4OS2. The molecular weight excluding hydrogens is 443 g/mol. The first-order valence-electron chi connectivity index (χ1n) is 8.03. The molecule has 0 bridgehead atoms. The molecule has 132 valence electrons. The number of thiazole rings is 1. The molecule has 0 saturated heterocycles. The molecule has 1 aliphatic rings. The molecule has 2 rings (SSSR count). The largest absolute Gasteiger partial charge is 0.393 e. The van der Waals surface area contributed by atoms with Crippen LogP contribution in [0, 0.1) is 0 Å². The molecule has 0 unspecified atom stereocenters. The molecule has 1 fully saturated rings. The van der Waals surface area contributed by atoms with E-state index >= 15 is 0 Å². The summed E-state index contributed by atoms with van der Waals surface area (Å²) in [5.41, 5.74) is 0. The van der Waals surface area contributed by atoms with Crippen molar-refractivity contribution in [3.8, 4) is 0 Å². The number of nitrogens with one attached hydrogen (secondary N) is 2. The van der Waals surface area contributed by atoms with E-state index in [0.717, 1.165) is 61.2 Å². The van der Waals surface area contributed by atoms with Crippen molar-refractivity contribution in [1.29, 1.82) is 0 Å². The average Bonchev–Trinajstić information content (AvgIpc) is 3.02. The number of thioether (sulfide) groups is 1. The van der Waals surface area contributed by atoms with Crippen molar-refractivity contribution in [2.75, 3.05) is 18.8 Å². The van der Waals surface area contributed by atoms with Crippen molar-refractivity contribution in [3.63, 3.8) is 0 Å². The van der Waals surface area contributed by atoms with Gasteiger partial charge in [0.15, 0.2) is 5.96 Å². The number of aliphatic hydroxyl groups excluding tert-OH is 1.